The average Bonchev–Trinajstić information content (AvgIpc) is 2.85. The Balaban J connectivity index is 1.78. The van der Waals surface area contributed by atoms with E-state index in [1.54, 1.807) is 6.26 Å². The molecule has 90 valence electrons. The molecule has 2 heteroatoms. The number of hydrogen-bond acceptors (Lipinski definition) is 2. The first-order valence-electron chi connectivity index (χ1n) is 6.61. The molecule has 1 heterocycles. The molecule has 1 aromatic heterocycles. The zero-order valence-electron chi connectivity index (χ0n) is 10.2. The highest BCUT2D eigenvalue weighted by Gasteiger charge is 2.17. The molecular weight excluding hydrogens is 198 g/mol. The van der Waals surface area contributed by atoms with E-state index in [2.05, 4.69) is 11.4 Å². The lowest BCUT2D eigenvalue weighted by Crippen LogP contribution is -2.17. The summed E-state index contributed by atoms with van der Waals surface area (Å²) in [5, 5.41) is 3.35. The standard InChI is InChI=1S/C14H23NO/c1-15-13(14-8-5-11-16-14)10-9-12-6-3-2-4-7-12/h5,8,11-13,15H,2-4,6-7,9-10H2,1H3. The van der Waals surface area contributed by atoms with Crippen molar-refractivity contribution in [3.8, 4) is 0 Å². The molecule has 0 amide bonds. The van der Waals surface area contributed by atoms with Crippen LogP contribution < -0.4 is 5.32 Å². The highest BCUT2D eigenvalue weighted by molar-refractivity contribution is 5.03. The van der Waals surface area contributed by atoms with Crippen LogP contribution >= 0.6 is 0 Å². The van der Waals surface area contributed by atoms with Gasteiger partial charge in [-0.3, -0.25) is 0 Å². The van der Waals surface area contributed by atoms with E-state index >= 15 is 0 Å². The molecule has 1 aliphatic carbocycles. The molecule has 1 aliphatic rings. The van der Waals surface area contributed by atoms with Crippen molar-refractivity contribution in [2.75, 3.05) is 7.05 Å². The van der Waals surface area contributed by atoms with Crippen LogP contribution in [0, 0.1) is 5.92 Å². The van der Waals surface area contributed by atoms with Gasteiger partial charge in [-0.15, -0.1) is 0 Å². The third kappa shape index (κ3) is 3.11. The number of rotatable bonds is 5. The van der Waals surface area contributed by atoms with E-state index in [0.717, 1.165) is 11.7 Å². The lowest BCUT2D eigenvalue weighted by atomic mass is 9.85. The molecule has 1 saturated carbocycles. The minimum absolute atomic E-state index is 0.400. The second-order valence-corrected chi connectivity index (χ2v) is 4.94. The van der Waals surface area contributed by atoms with Crippen molar-refractivity contribution in [2.45, 2.75) is 51.0 Å². The summed E-state index contributed by atoms with van der Waals surface area (Å²) in [5.74, 6) is 2.04. The zero-order valence-corrected chi connectivity index (χ0v) is 10.2. The summed E-state index contributed by atoms with van der Waals surface area (Å²) in [4.78, 5) is 0. The number of furan rings is 1. The Morgan fingerprint density at radius 1 is 1.38 bits per heavy atom. The smallest absolute Gasteiger partial charge is 0.120 e. The fourth-order valence-electron chi connectivity index (χ4n) is 2.80. The normalized spacial score (nSPS) is 19.8. The van der Waals surface area contributed by atoms with E-state index in [1.165, 1.54) is 44.9 Å². The van der Waals surface area contributed by atoms with Gasteiger partial charge in [0.1, 0.15) is 5.76 Å². The third-order valence-electron chi connectivity index (χ3n) is 3.82. The lowest BCUT2D eigenvalue weighted by molar-refractivity contribution is 0.306. The fourth-order valence-corrected chi connectivity index (χ4v) is 2.80. The Morgan fingerprint density at radius 2 is 2.19 bits per heavy atom. The van der Waals surface area contributed by atoms with Gasteiger partial charge >= 0.3 is 0 Å². The van der Waals surface area contributed by atoms with Gasteiger partial charge in [0.25, 0.3) is 0 Å². The molecule has 1 unspecified atom stereocenters. The average molecular weight is 221 g/mol. The minimum atomic E-state index is 0.400. The molecule has 0 aliphatic heterocycles. The zero-order chi connectivity index (χ0) is 11.2. The summed E-state index contributed by atoms with van der Waals surface area (Å²) in [6, 6.07) is 4.44. The van der Waals surface area contributed by atoms with Crippen molar-refractivity contribution in [3.05, 3.63) is 24.2 Å². The summed E-state index contributed by atoms with van der Waals surface area (Å²) in [7, 11) is 2.02. The van der Waals surface area contributed by atoms with E-state index in [4.69, 9.17) is 4.42 Å². The first-order chi connectivity index (χ1) is 7.90. The van der Waals surface area contributed by atoms with Crippen LogP contribution in [0.2, 0.25) is 0 Å². The van der Waals surface area contributed by atoms with Gasteiger partial charge < -0.3 is 9.73 Å². The second kappa shape index (κ2) is 6.09. The van der Waals surface area contributed by atoms with Crippen molar-refractivity contribution in [2.24, 2.45) is 5.92 Å². The molecular formula is C14H23NO. The summed E-state index contributed by atoms with van der Waals surface area (Å²) in [5.41, 5.74) is 0. The quantitative estimate of drug-likeness (QED) is 0.815. The van der Waals surface area contributed by atoms with E-state index in [-0.39, 0.29) is 0 Å². The first-order valence-corrected chi connectivity index (χ1v) is 6.61. The maximum Gasteiger partial charge on any atom is 0.120 e. The predicted molar refractivity (Wildman–Crippen MR) is 66.3 cm³/mol. The van der Waals surface area contributed by atoms with E-state index in [1.807, 2.05) is 13.1 Å². The van der Waals surface area contributed by atoms with E-state index in [0.29, 0.717) is 6.04 Å². The van der Waals surface area contributed by atoms with Crippen molar-refractivity contribution in [1.82, 2.24) is 5.32 Å². The number of nitrogens with one attached hydrogen (secondary N) is 1. The minimum Gasteiger partial charge on any atom is -0.468 e. The molecule has 0 bridgehead atoms. The molecule has 16 heavy (non-hydrogen) atoms. The molecule has 1 N–H and O–H groups in total. The molecule has 0 aromatic carbocycles. The second-order valence-electron chi connectivity index (χ2n) is 4.94. The molecule has 0 radical (unpaired) electrons. The van der Waals surface area contributed by atoms with Gasteiger partial charge in [-0.25, -0.2) is 0 Å². The third-order valence-corrected chi connectivity index (χ3v) is 3.82. The van der Waals surface area contributed by atoms with Gasteiger partial charge in [-0.1, -0.05) is 32.1 Å². The van der Waals surface area contributed by atoms with Crippen LogP contribution in [-0.4, -0.2) is 7.05 Å². The molecule has 0 saturated heterocycles. The summed E-state index contributed by atoms with van der Waals surface area (Å²) >= 11 is 0. The maximum absolute atomic E-state index is 5.46. The van der Waals surface area contributed by atoms with Crippen molar-refractivity contribution in [3.63, 3.8) is 0 Å². The van der Waals surface area contributed by atoms with Gasteiger partial charge in [0.05, 0.1) is 12.3 Å². The van der Waals surface area contributed by atoms with Crippen LogP contribution in [0.1, 0.15) is 56.7 Å². The van der Waals surface area contributed by atoms with Crippen molar-refractivity contribution >= 4 is 0 Å². The highest BCUT2D eigenvalue weighted by atomic mass is 16.3. The van der Waals surface area contributed by atoms with Crippen LogP contribution in [0.4, 0.5) is 0 Å². The van der Waals surface area contributed by atoms with Crippen molar-refractivity contribution < 1.29 is 4.42 Å². The highest BCUT2D eigenvalue weighted by Crippen LogP contribution is 2.30. The Morgan fingerprint density at radius 3 is 2.81 bits per heavy atom. The van der Waals surface area contributed by atoms with Gasteiger partial charge in [-0.05, 0) is 37.9 Å². The molecule has 1 fully saturated rings. The fraction of sp³-hybridized carbons (Fsp3) is 0.714. The maximum atomic E-state index is 5.46. The summed E-state index contributed by atoms with van der Waals surface area (Å²) in [6.45, 7) is 0. The summed E-state index contributed by atoms with van der Waals surface area (Å²) in [6.07, 6.45) is 11.5. The predicted octanol–water partition coefficient (Wildman–Crippen LogP) is 3.90. The Labute approximate surface area is 98.4 Å². The number of hydrogen-bond donors (Lipinski definition) is 1. The topological polar surface area (TPSA) is 25.2 Å². The Kier molecular flexibility index (Phi) is 4.46. The van der Waals surface area contributed by atoms with E-state index < -0.39 is 0 Å². The largest absolute Gasteiger partial charge is 0.468 e. The van der Waals surface area contributed by atoms with Crippen LogP contribution in [0.3, 0.4) is 0 Å². The molecule has 1 aromatic rings. The monoisotopic (exact) mass is 221 g/mol. The van der Waals surface area contributed by atoms with Gasteiger partial charge in [0.2, 0.25) is 0 Å². The van der Waals surface area contributed by atoms with Crippen LogP contribution in [0.15, 0.2) is 22.8 Å². The molecule has 2 rings (SSSR count). The molecule has 2 nitrogen and oxygen atoms in total. The van der Waals surface area contributed by atoms with Crippen molar-refractivity contribution in [1.29, 1.82) is 0 Å². The van der Waals surface area contributed by atoms with E-state index in [9.17, 15) is 0 Å². The van der Waals surface area contributed by atoms with Crippen LogP contribution in [-0.2, 0) is 0 Å². The SMILES string of the molecule is CNC(CCC1CCCCC1)c1ccco1. The van der Waals surface area contributed by atoms with Gasteiger partial charge in [0.15, 0.2) is 0 Å². The van der Waals surface area contributed by atoms with Crippen LogP contribution in [0.25, 0.3) is 0 Å². The first kappa shape index (κ1) is 11.7. The lowest BCUT2D eigenvalue weighted by Gasteiger charge is -2.23. The van der Waals surface area contributed by atoms with Gasteiger partial charge in [-0.2, -0.15) is 0 Å². The molecule has 0 spiro atoms. The summed E-state index contributed by atoms with van der Waals surface area (Å²) < 4.78 is 5.46. The van der Waals surface area contributed by atoms with Gasteiger partial charge in [0, 0.05) is 0 Å². The Bertz CT molecular complexity index is 275. The van der Waals surface area contributed by atoms with Crippen LogP contribution in [0.5, 0.6) is 0 Å². The Hall–Kier alpha value is -0.760. The molecule has 1 atom stereocenters.